The smallest absolute Gasteiger partial charge is 0.243 e. The van der Waals surface area contributed by atoms with Crippen LogP contribution in [0, 0.1) is 18.7 Å². The van der Waals surface area contributed by atoms with E-state index in [4.69, 9.17) is 0 Å². The minimum atomic E-state index is -3.76. The molecule has 1 aromatic heterocycles. The van der Waals surface area contributed by atoms with Gasteiger partial charge in [-0.05, 0) is 57.9 Å². The Morgan fingerprint density at radius 3 is 2.66 bits per heavy atom. The van der Waals surface area contributed by atoms with E-state index in [-0.39, 0.29) is 23.4 Å². The number of rotatable bonds is 6. The quantitative estimate of drug-likeness (QED) is 0.776. The van der Waals surface area contributed by atoms with Gasteiger partial charge in [-0.2, -0.15) is 9.40 Å². The Labute approximate surface area is 171 Å². The number of amides is 1. The number of aryl methyl sites for hydroxylation is 2. The van der Waals surface area contributed by atoms with Crippen LogP contribution in [0.5, 0.6) is 0 Å². The molecule has 1 amide bonds. The molecule has 1 saturated heterocycles. The van der Waals surface area contributed by atoms with Crippen molar-refractivity contribution in [2.75, 3.05) is 13.1 Å². The second kappa shape index (κ2) is 8.62. The van der Waals surface area contributed by atoms with Crippen LogP contribution in [0.4, 0.5) is 4.39 Å². The summed E-state index contributed by atoms with van der Waals surface area (Å²) in [5.41, 5.74) is 1.82. The van der Waals surface area contributed by atoms with Gasteiger partial charge >= 0.3 is 0 Å². The zero-order valence-electron chi connectivity index (χ0n) is 16.9. The summed E-state index contributed by atoms with van der Waals surface area (Å²) in [5, 5.41) is 7.41. The standard InChI is InChI=1S/C20H27FN4O3S/c1-4-24-13-19(15(3)23-24)14(2)22-20(26)16-6-5-11-25(12-16)29(27,28)18-9-7-17(21)8-10-18/h7-10,13-14,16H,4-6,11-12H2,1-3H3,(H,22,26)/t14-,16-/m0/s1. The van der Waals surface area contributed by atoms with Gasteiger partial charge in [0.15, 0.2) is 0 Å². The van der Waals surface area contributed by atoms with Crippen molar-refractivity contribution in [3.8, 4) is 0 Å². The maximum absolute atomic E-state index is 13.1. The van der Waals surface area contributed by atoms with Crippen LogP contribution >= 0.6 is 0 Å². The number of carbonyl (C=O) groups is 1. The first-order valence-electron chi connectivity index (χ1n) is 9.82. The van der Waals surface area contributed by atoms with Crippen LogP contribution < -0.4 is 5.32 Å². The van der Waals surface area contributed by atoms with Gasteiger partial charge in [-0.25, -0.2) is 12.8 Å². The Bertz CT molecular complexity index is 972. The number of carbonyl (C=O) groups excluding carboxylic acids is 1. The van der Waals surface area contributed by atoms with E-state index in [1.807, 2.05) is 31.6 Å². The maximum atomic E-state index is 13.1. The molecule has 0 bridgehead atoms. The first-order valence-corrected chi connectivity index (χ1v) is 11.3. The van der Waals surface area contributed by atoms with Crippen molar-refractivity contribution in [3.63, 3.8) is 0 Å². The molecule has 1 fully saturated rings. The number of benzene rings is 1. The van der Waals surface area contributed by atoms with Crippen molar-refractivity contribution in [3.05, 3.63) is 47.5 Å². The van der Waals surface area contributed by atoms with Crippen LogP contribution in [0.2, 0.25) is 0 Å². The molecule has 1 aliphatic heterocycles. The van der Waals surface area contributed by atoms with Crippen LogP contribution in [0.15, 0.2) is 35.4 Å². The lowest BCUT2D eigenvalue weighted by Crippen LogP contribution is -2.45. The molecular formula is C20H27FN4O3S. The van der Waals surface area contributed by atoms with Gasteiger partial charge in [-0.3, -0.25) is 9.48 Å². The fourth-order valence-corrected chi connectivity index (χ4v) is 5.18. The highest BCUT2D eigenvalue weighted by Gasteiger charge is 2.34. The molecule has 1 aromatic carbocycles. The fraction of sp³-hybridized carbons (Fsp3) is 0.500. The molecule has 7 nitrogen and oxygen atoms in total. The Morgan fingerprint density at radius 1 is 1.34 bits per heavy atom. The van der Waals surface area contributed by atoms with E-state index < -0.39 is 21.8 Å². The molecule has 0 radical (unpaired) electrons. The summed E-state index contributed by atoms with van der Waals surface area (Å²) >= 11 is 0. The molecule has 0 spiro atoms. The third kappa shape index (κ3) is 4.67. The highest BCUT2D eigenvalue weighted by atomic mass is 32.2. The fourth-order valence-electron chi connectivity index (χ4n) is 3.66. The molecule has 1 aliphatic rings. The summed E-state index contributed by atoms with van der Waals surface area (Å²) in [4.78, 5) is 12.9. The molecule has 2 atom stereocenters. The predicted molar refractivity (Wildman–Crippen MR) is 107 cm³/mol. The third-order valence-electron chi connectivity index (χ3n) is 5.34. The van der Waals surface area contributed by atoms with Gasteiger partial charge < -0.3 is 5.32 Å². The number of aromatic nitrogens is 2. The van der Waals surface area contributed by atoms with Crippen molar-refractivity contribution in [2.45, 2.75) is 51.1 Å². The highest BCUT2D eigenvalue weighted by Crippen LogP contribution is 2.25. The van der Waals surface area contributed by atoms with Crippen molar-refractivity contribution in [2.24, 2.45) is 5.92 Å². The van der Waals surface area contributed by atoms with Gasteiger partial charge in [0.05, 0.1) is 22.5 Å². The van der Waals surface area contributed by atoms with E-state index in [2.05, 4.69) is 10.4 Å². The third-order valence-corrected chi connectivity index (χ3v) is 7.22. The molecule has 29 heavy (non-hydrogen) atoms. The Kier molecular flexibility index (Phi) is 6.38. The first kappa shape index (κ1) is 21.4. The summed E-state index contributed by atoms with van der Waals surface area (Å²) in [6, 6.07) is 4.55. The summed E-state index contributed by atoms with van der Waals surface area (Å²) in [5.74, 6) is -1.08. The summed E-state index contributed by atoms with van der Waals surface area (Å²) in [7, 11) is -3.76. The largest absolute Gasteiger partial charge is 0.349 e. The van der Waals surface area contributed by atoms with Crippen LogP contribution in [-0.2, 0) is 21.4 Å². The number of halogens is 1. The van der Waals surface area contributed by atoms with Crippen molar-refractivity contribution < 1.29 is 17.6 Å². The number of nitrogens with one attached hydrogen (secondary N) is 1. The second-order valence-electron chi connectivity index (χ2n) is 7.41. The molecule has 2 heterocycles. The summed E-state index contributed by atoms with van der Waals surface area (Å²) in [6.07, 6.45) is 3.15. The minimum Gasteiger partial charge on any atom is -0.349 e. The zero-order chi connectivity index (χ0) is 21.2. The first-order chi connectivity index (χ1) is 13.7. The number of hydrogen-bond acceptors (Lipinski definition) is 4. The minimum absolute atomic E-state index is 0.0379. The van der Waals surface area contributed by atoms with Gasteiger partial charge in [0.1, 0.15) is 5.82 Å². The molecular weight excluding hydrogens is 395 g/mol. The molecule has 1 N–H and O–H groups in total. The number of piperidine rings is 1. The second-order valence-corrected chi connectivity index (χ2v) is 9.35. The summed E-state index contributed by atoms with van der Waals surface area (Å²) < 4.78 is 42.0. The van der Waals surface area contributed by atoms with E-state index >= 15 is 0 Å². The Morgan fingerprint density at radius 2 is 2.03 bits per heavy atom. The lowest BCUT2D eigenvalue weighted by molar-refractivity contribution is -0.126. The molecule has 0 unspecified atom stereocenters. The average molecular weight is 423 g/mol. The van der Waals surface area contributed by atoms with Gasteiger partial charge in [0.2, 0.25) is 15.9 Å². The van der Waals surface area contributed by atoms with Crippen LogP contribution in [0.3, 0.4) is 0 Å². The van der Waals surface area contributed by atoms with Gasteiger partial charge in [-0.15, -0.1) is 0 Å². The average Bonchev–Trinajstić information content (AvgIpc) is 3.09. The topological polar surface area (TPSA) is 84.3 Å². The van der Waals surface area contributed by atoms with Crippen LogP contribution in [0.1, 0.15) is 44.0 Å². The van der Waals surface area contributed by atoms with Crippen molar-refractivity contribution >= 4 is 15.9 Å². The lowest BCUT2D eigenvalue weighted by atomic mass is 9.98. The lowest BCUT2D eigenvalue weighted by Gasteiger charge is -2.31. The van der Waals surface area contributed by atoms with Gasteiger partial charge in [0, 0.05) is 31.4 Å². The normalized spacial score (nSPS) is 19.1. The molecule has 0 saturated carbocycles. The number of sulfonamides is 1. The summed E-state index contributed by atoms with van der Waals surface area (Å²) in [6.45, 7) is 7.02. The monoisotopic (exact) mass is 422 g/mol. The molecule has 2 aromatic rings. The van der Waals surface area contributed by atoms with E-state index in [0.717, 1.165) is 29.9 Å². The number of nitrogens with zero attached hydrogens (tertiary/aromatic N) is 3. The van der Waals surface area contributed by atoms with E-state index in [1.54, 1.807) is 0 Å². The van der Waals surface area contributed by atoms with E-state index in [0.29, 0.717) is 19.4 Å². The molecule has 0 aliphatic carbocycles. The van der Waals surface area contributed by atoms with E-state index in [9.17, 15) is 17.6 Å². The van der Waals surface area contributed by atoms with Gasteiger partial charge in [-0.1, -0.05) is 0 Å². The molecule has 158 valence electrons. The highest BCUT2D eigenvalue weighted by molar-refractivity contribution is 7.89. The zero-order valence-corrected chi connectivity index (χ0v) is 17.7. The van der Waals surface area contributed by atoms with E-state index in [1.165, 1.54) is 16.4 Å². The maximum Gasteiger partial charge on any atom is 0.243 e. The molecule has 3 rings (SSSR count). The van der Waals surface area contributed by atoms with Crippen molar-refractivity contribution in [1.82, 2.24) is 19.4 Å². The van der Waals surface area contributed by atoms with Crippen LogP contribution in [-0.4, -0.2) is 41.5 Å². The van der Waals surface area contributed by atoms with Crippen molar-refractivity contribution in [1.29, 1.82) is 0 Å². The molecule has 9 heteroatoms. The number of hydrogen-bond donors (Lipinski definition) is 1. The van der Waals surface area contributed by atoms with Gasteiger partial charge in [0.25, 0.3) is 0 Å². The SMILES string of the molecule is CCn1cc([C@H](C)NC(=O)[C@H]2CCCN(S(=O)(=O)c3ccc(F)cc3)C2)c(C)n1. The Balaban J connectivity index is 1.69. The van der Waals surface area contributed by atoms with Crippen LogP contribution in [0.25, 0.3) is 0 Å². The predicted octanol–water partition coefficient (Wildman–Crippen LogP) is 2.63. The Hall–Kier alpha value is -2.26.